The summed E-state index contributed by atoms with van der Waals surface area (Å²) in [5.41, 5.74) is -1.39. The fraction of sp³-hybridized carbons (Fsp3) is 0.536. The highest BCUT2D eigenvalue weighted by Gasteiger charge is 2.76. The molecule has 0 aromatic heterocycles. The van der Waals surface area contributed by atoms with E-state index < -0.39 is 77.1 Å². The first-order valence-electron chi connectivity index (χ1n) is 13.4. The Bertz CT molecular complexity index is 1500. The molecule has 1 saturated heterocycles. The van der Waals surface area contributed by atoms with Crippen LogP contribution in [0, 0.1) is 0 Å². The molecule has 0 unspecified atom stereocenters. The summed E-state index contributed by atoms with van der Waals surface area (Å²) in [6.45, 7) is -0.830. The Balaban J connectivity index is 1.51. The van der Waals surface area contributed by atoms with Gasteiger partial charge in [-0.15, -0.1) is 0 Å². The zero-order valence-electron chi connectivity index (χ0n) is 22.8. The van der Waals surface area contributed by atoms with Crippen molar-refractivity contribution in [2.75, 3.05) is 26.3 Å². The quantitative estimate of drug-likeness (QED) is 0.306. The topological polar surface area (TPSA) is 68.2 Å². The van der Waals surface area contributed by atoms with E-state index >= 15 is 17.6 Å². The normalized spacial score (nSPS) is 25.7. The Morgan fingerprint density at radius 3 is 2.14 bits per heavy atom. The molecule has 0 N–H and O–H groups in total. The van der Waals surface area contributed by atoms with Crippen LogP contribution in [-0.4, -0.2) is 73.7 Å². The van der Waals surface area contributed by atoms with Crippen molar-refractivity contribution >= 4 is 15.7 Å². The third-order valence-corrected chi connectivity index (χ3v) is 10.5. The minimum atomic E-state index is -6.54. The molecule has 2 aromatic rings. The summed E-state index contributed by atoms with van der Waals surface area (Å²) in [4.78, 5) is 4.60. The summed E-state index contributed by atoms with van der Waals surface area (Å²) in [6, 6.07) is 15.0. The molecule has 2 fully saturated rings. The minimum Gasteiger partial charge on any atom is -0.379 e. The number of aliphatic imine (C=N–C) groups is 1. The van der Waals surface area contributed by atoms with Gasteiger partial charge in [-0.3, -0.25) is 4.99 Å². The van der Waals surface area contributed by atoms with E-state index in [0.717, 1.165) is 0 Å². The molecule has 0 radical (unpaired) electrons. The van der Waals surface area contributed by atoms with Crippen molar-refractivity contribution in [3.8, 4) is 0 Å². The highest BCUT2D eigenvalue weighted by Crippen LogP contribution is 2.60. The van der Waals surface area contributed by atoms with Crippen LogP contribution >= 0.6 is 0 Å². The lowest BCUT2D eigenvalue weighted by Gasteiger charge is -2.48. The van der Waals surface area contributed by atoms with Crippen molar-refractivity contribution < 1.29 is 53.0 Å². The number of hydrogen-bond donors (Lipinski definition) is 0. The summed E-state index contributed by atoms with van der Waals surface area (Å²) < 4.78 is 152. The first kappa shape index (κ1) is 31.8. The maximum absolute atomic E-state index is 15.6. The molecule has 0 spiro atoms. The Labute approximate surface area is 242 Å². The van der Waals surface area contributed by atoms with E-state index in [1.54, 1.807) is 61.5 Å². The van der Waals surface area contributed by atoms with Crippen LogP contribution in [0.5, 0.6) is 0 Å². The highest BCUT2D eigenvalue weighted by atomic mass is 32.2. The van der Waals surface area contributed by atoms with Crippen molar-refractivity contribution in [3.63, 3.8) is 0 Å². The van der Waals surface area contributed by atoms with Gasteiger partial charge in [0, 0.05) is 36.1 Å². The summed E-state index contributed by atoms with van der Waals surface area (Å²) in [5, 5.41) is -6.31. The van der Waals surface area contributed by atoms with E-state index in [0.29, 0.717) is 16.7 Å². The maximum atomic E-state index is 15.6. The zero-order valence-corrected chi connectivity index (χ0v) is 23.6. The van der Waals surface area contributed by atoms with Crippen LogP contribution in [0.3, 0.4) is 0 Å². The van der Waals surface area contributed by atoms with Crippen molar-refractivity contribution in [1.82, 2.24) is 4.31 Å². The standard InChI is InChI=1S/C28H28F8N2O4S/c1-23-12-7-13-24(23,37-22(19-8-3-2-4-9-19)20-10-5-6-11-21(20)23)18-25(29,30)26(31,32)42-27(33,34)28(35,36)43(39,40)38-14-16-41-17-15-38/h2-6,8-11H,7,12-18H2,1H3/t23-,24+/m1/s1. The Kier molecular flexibility index (Phi) is 7.75. The zero-order chi connectivity index (χ0) is 31.5. The Hall–Kier alpha value is -2.62. The van der Waals surface area contributed by atoms with Gasteiger partial charge in [0.2, 0.25) is 0 Å². The average Bonchev–Trinajstić information content (AvgIpc) is 3.28. The Morgan fingerprint density at radius 1 is 0.884 bits per heavy atom. The number of fused-ring (bicyclic) bond motifs is 3. The molecular formula is C28H28F8N2O4S. The molecule has 1 saturated carbocycles. The second kappa shape index (κ2) is 10.5. The van der Waals surface area contributed by atoms with Gasteiger partial charge < -0.3 is 4.74 Å². The van der Waals surface area contributed by atoms with E-state index in [9.17, 15) is 26.0 Å². The first-order valence-corrected chi connectivity index (χ1v) is 14.9. The summed E-state index contributed by atoms with van der Waals surface area (Å²) >= 11 is 0. The van der Waals surface area contributed by atoms with Crippen molar-refractivity contribution in [3.05, 3.63) is 71.3 Å². The van der Waals surface area contributed by atoms with Crippen LogP contribution in [0.15, 0.2) is 59.6 Å². The monoisotopic (exact) mass is 640 g/mol. The molecule has 2 atom stereocenters. The number of halogens is 8. The van der Waals surface area contributed by atoms with Crippen LogP contribution in [0.1, 0.15) is 49.3 Å². The van der Waals surface area contributed by atoms with Gasteiger partial charge in [0.1, 0.15) is 0 Å². The van der Waals surface area contributed by atoms with E-state index in [4.69, 9.17) is 4.74 Å². The third kappa shape index (κ3) is 4.95. The molecule has 6 nitrogen and oxygen atoms in total. The molecule has 0 bridgehead atoms. The van der Waals surface area contributed by atoms with Crippen molar-refractivity contribution in [1.29, 1.82) is 0 Å². The van der Waals surface area contributed by atoms with E-state index in [1.807, 2.05) is 0 Å². The lowest BCUT2D eigenvalue weighted by molar-refractivity contribution is -0.457. The van der Waals surface area contributed by atoms with Crippen LogP contribution in [0.4, 0.5) is 35.1 Å². The van der Waals surface area contributed by atoms with Gasteiger partial charge in [0.05, 0.1) is 24.5 Å². The lowest BCUT2D eigenvalue weighted by Crippen LogP contribution is -2.61. The number of sulfonamides is 1. The largest absolute Gasteiger partial charge is 0.448 e. The van der Waals surface area contributed by atoms with E-state index in [-0.39, 0.29) is 29.3 Å². The lowest BCUT2D eigenvalue weighted by atomic mass is 9.62. The molecule has 43 heavy (non-hydrogen) atoms. The van der Waals surface area contributed by atoms with Crippen LogP contribution in [0.2, 0.25) is 0 Å². The molecule has 5 rings (SSSR count). The minimum absolute atomic E-state index is 0.0910. The number of nitrogens with zero attached hydrogens (tertiary/aromatic N) is 2. The second-order valence-corrected chi connectivity index (χ2v) is 13.1. The van der Waals surface area contributed by atoms with Crippen molar-refractivity contribution in [2.45, 2.75) is 67.0 Å². The molecular weight excluding hydrogens is 612 g/mol. The number of benzene rings is 2. The fourth-order valence-electron chi connectivity index (χ4n) is 6.26. The van der Waals surface area contributed by atoms with Gasteiger partial charge in [0.25, 0.3) is 10.0 Å². The van der Waals surface area contributed by atoms with Gasteiger partial charge in [-0.2, -0.15) is 39.4 Å². The average molecular weight is 641 g/mol. The van der Waals surface area contributed by atoms with Crippen LogP contribution in [-0.2, 0) is 24.9 Å². The molecule has 3 aliphatic rings. The fourth-order valence-corrected chi connectivity index (χ4v) is 7.55. The number of rotatable bonds is 9. The second-order valence-electron chi connectivity index (χ2n) is 11.1. The molecule has 2 aromatic carbocycles. The SMILES string of the molecule is C[C@]12CCC[C@@]1(CC(F)(F)C(F)(F)OC(F)(F)C(F)(F)S(=O)(=O)N1CCOCC1)N=C(c1ccccc1)c1ccccc12. The van der Waals surface area contributed by atoms with Crippen molar-refractivity contribution in [2.24, 2.45) is 4.99 Å². The van der Waals surface area contributed by atoms with Crippen LogP contribution < -0.4 is 0 Å². The predicted molar refractivity (Wildman–Crippen MR) is 139 cm³/mol. The number of morpholine rings is 1. The summed E-state index contributed by atoms with van der Waals surface area (Å²) in [5.74, 6) is -5.49. The predicted octanol–water partition coefficient (Wildman–Crippen LogP) is 6.20. The van der Waals surface area contributed by atoms with E-state index in [2.05, 4.69) is 9.73 Å². The van der Waals surface area contributed by atoms with Gasteiger partial charge in [-0.05, 0) is 18.4 Å². The molecule has 1 aliphatic carbocycles. The van der Waals surface area contributed by atoms with Gasteiger partial charge in [-0.25, -0.2) is 13.2 Å². The summed E-state index contributed by atoms with van der Waals surface area (Å²) in [7, 11) is -6.32. The third-order valence-electron chi connectivity index (χ3n) is 8.61. The molecule has 2 aliphatic heterocycles. The van der Waals surface area contributed by atoms with E-state index in [1.165, 1.54) is 0 Å². The highest BCUT2D eigenvalue weighted by molar-refractivity contribution is 7.90. The van der Waals surface area contributed by atoms with Gasteiger partial charge in [0.15, 0.2) is 0 Å². The van der Waals surface area contributed by atoms with Gasteiger partial charge >= 0.3 is 23.4 Å². The maximum Gasteiger partial charge on any atom is 0.448 e. The molecule has 15 heteroatoms. The molecule has 0 amide bonds. The first-order chi connectivity index (χ1) is 19.9. The number of alkyl halides is 8. The molecule has 236 valence electrons. The smallest absolute Gasteiger partial charge is 0.379 e. The summed E-state index contributed by atoms with van der Waals surface area (Å²) in [6.07, 6.45) is -14.2. The van der Waals surface area contributed by atoms with Gasteiger partial charge in [-0.1, -0.05) is 67.9 Å². The molecule has 2 heterocycles. The van der Waals surface area contributed by atoms with Crippen LogP contribution in [0.25, 0.3) is 0 Å². The Morgan fingerprint density at radius 2 is 1.49 bits per heavy atom. The number of ether oxygens (including phenoxy) is 2. The number of hydrogen-bond acceptors (Lipinski definition) is 5.